The van der Waals surface area contributed by atoms with Gasteiger partial charge in [-0.1, -0.05) is 35.9 Å². The van der Waals surface area contributed by atoms with E-state index in [2.05, 4.69) is 0 Å². The number of nitrogens with zero attached hydrogens (tertiary/aromatic N) is 1. The highest BCUT2D eigenvalue weighted by molar-refractivity contribution is 6.30. The van der Waals surface area contributed by atoms with E-state index in [0.717, 1.165) is 29.8 Å². The maximum Gasteiger partial charge on any atom is 0.320 e. The van der Waals surface area contributed by atoms with E-state index in [9.17, 15) is 9.90 Å². The van der Waals surface area contributed by atoms with Crippen molar-refractivity contribution in [3.8, 4) is 5.75 Å². The Bertz CT molecular complexity index is 734. The molecule has 24 heavy (non-hydrogen) atoms. The van der Waals surface area contributed by atoms with Gasteiger partial charge < -0.3 is 9.84 Å². The minimum Gasteiger partial charge on any atom is -0.497 e. The number of aliphatic carboxylic acids is 1. The number of halogens is 1. The van der Waals surface area contributed by atoms with Crippen LogP contribution in [-0.4, -0.2) is 35.7 Å². The summed E-state index contributed by atoms with van der Waals surface area (Å²) in [6.07, 6.45) is 1.54. The second-order valence-electron chi connectivity index (χ2n) is 5.97. The van der Waals surface area contributed by atoms with Crippen LogP contribution in [0.1, 0.15) is 30.0 Å². The molecular weight excluding hydrogens is 326 g/mol. The van der Waals surface area contributed by atoms with Crippen molar-refractivity contribution in [2.24, 2.45) is 0 Å². The Morgan fingerprint density at radius 3 is 2.62 bits per heavy atom. The lowest BCUT2D eigenvalue weighted by molar-refractivity contribution is -0.142. The first-order chi connectivity index (χ1) is 11.6. The fraction of sp³-hybridized carbons (Fsp3) is 0.316. The van der Waals surface area contributed by atoms with Crippen LogP contribution in [-0.2, 0) is 4.79 Å². The number of carboxylic acids is 1. The number of rotatable bonds is 5. The molecule has 0 aromatic heterocycles. The molecule has 4 nitrogen and oxygen atoms in total. The van der Waals surface area contributed by atoms with E-state index < -0.39 is 12.0 Å². The molecule has 0 saturated carbocycles. The second-order valence-corrected chi connectivity index (χ2v) is 6.40. The number of hydrogen-bond acceptors (Lipinski definition) is 3. The maximum atomic E-state index is 11.7. The molecule has 0 radical (unpaired) electrons. The topological polar surface area (TPSA) is 49.8 Å². The zero-order chi connectivity index (χ0) is 17.1. The van der Waals surface area contributed by atoms with E-state index in [4.69, 9.17) is 16.3 Å². The van der Waals surface area contributed by atoms with Gasteiger partial charge in [-0.25, -0.2) is 0 Å². The molecule has 1 aliphatic heterocycles. The predicted octanol–water partition coefficient (Wildman–Crippen LogP) is 3.99. The van der Waals surface area contributed by atoms with Crippen LogP contribution in [0.25, 0.3) is 0 Å². The van der Waals surface area contributed by atoms with Gasteiger partial charge in [-0.3, -0.25) is 9.69 Å². The van der Waals surface area contributed by atoms with Crippen LogP contribution in [0.5, 0.6) is 5.75 Å². The monoisotopic (exact) mass is 345 g/mol. The van der Waals surface area contributed by atoms with Crippen molar-refractivity contribution in [2.75, 3.05) is 13.7 Å². The summed E-state index contributed by atoms with van der Waals surface area (Å²) in [6.45, 7) is 0.741. The van der Waals surface area contributed by atoms with Crippen molar-refractivity contribution in [2.45, 2.75) is 24.9 Å². The van der Waals surface area contributed by atoms with Gasteiger partial charge in [0.05, 0.1) is 13.2 Å². The number of methoxy groups -OCH3 is 1. The van der Waals surface area contributed by atoms with Crippen molar-refractivity contribution in [1.82, 2.24) is 4.90 Å². The second kappa shape index (κ2) is 7.24. The number of carbonyl (C=O) groups is 1. The molecule has 5 heteroatoms. The Morgan fingerprint density at radius 2 is 1.96 bits per heavy atom. The molecule has 0 bridgehead atoms. The van der Waals surface area contributed by atoms with Gasteiger partial charge in [0.25, 0.3) is 0 Å². The van der Waals surface area contributed by atoms with Gasteiger partial charge in [-0.2, -0.15) is 0 Å². The molecule has 0 spiro atoms. The minimum atomic E-state index is -0.776. The molecule has 2 aromatic carbocycles. The highest BCUT2D eigenvalue weighted by atomic mass is 35.5. The lowest BCUT2D eigenvalue weighted by Crippen LogP contribution is -2.39. The fourth-order valence-corrected chi connectivity index (χ4v) is 3.63. The molecule has 2 aromatic rings. The van der Waals surface area contributed by atoms with Crippen molar-refractivity contribution in [1.29, 1.82) is 0 Å². The minimum absolute atomic E-state index is 0.164. The largest absolute Gasteiger partial charge is 0.497 e. The van der Waals surface area contributed by atoms with E-state index in [1.165, 1.54) is 0 Å². The number of carboxylic acid groups (broad SMARTS) is 1. The fourth-order valence-electron chi connectivity index (χ4n) is 3.43. The smallest absolute Gasteiger partial charge is 0.320 e. The van der Waals surface area contributed by atoms with E-state index in [1.807, 2.05) is 53.4 Å². The summed E-state index contributed by atoms with van der Waals surface area (Å²) in [5.74, 6) is -0.0203. The van der Waals surface area contributed by atoms with Gasteiger partial charge in [0.2, 0.25) is 0 Å². The third-order valence-electron chi connectivity index (χ3n) is 4.48. The van der Waals surface area contributed by atoms with Crippen LogP contribution in [0.15, 0.2) is 48.5 Å². The number of likely N-dealkylation sites (tertiary alicyclic amines) is 1. The Morgan fingerprint density at radius 1 is 1.25 bits per heavy atom. The van der Waals surface area contributed by atoms with Crippen molar-refractivity contribution < 1.29 is 14.6 Å². The molecule has 126 valence electrons. The average molecular weight is 346 g/mol. The number of benzene rings is 2. The Hall–Kier alpha value is -2.04. The number of ether oxygens (including phenoxy) is 1. The van der Waals surface area contributed by atoms with Crippen LogP contribution in [0, 0.1) is 0 Å². The molecule has 1 saturated heterocycles. The van der Waals surface area contributed by atoms with Crippen molar-refractivity contribution in [3.05, 3.63) is 64.7 Å². The maximum absolute atomic E-state index is 11.7. The highest BCUT2D eigenvalue weighted by Gasteiger charge is 2.36. The molecule has 1 fully saturated rings. The molecule has 1 N–H and O–H groups in total. The van der Waals surface area contributed by atoms with Crippen LogP contribution in [0.3, 0.4) is 0 Å². The summed E-state index contributed by atoms with van der Waals surface area (Å²) in [7, 11) is 1.63. The van der Waals surface area contributed by atoms with Crippen LogP contribution in [0.2, 0.25) is 5.02 Å². The molecule has 2 atom stereocenters. The molecular formula is C19H20ClNO3. The summed E-state index contributed by atoms with van der Waals surface area (Å²) in [6, 6.07) is 14.8. The first-order valence-electron chi connectivity index (χ1n) is 7.98. The average Bonchev–Trinajstić information content (AvgIpc) is 3.05. The molecule has 2 unspecified atom stereocenters. The van der Waals surface area contributed by atoms with Gasteiger partial charge in [-0.05, 0) is 48.2 Å². The Balaban J connectivity index is 2.08. The third kappa shape index (κ3) is 3.40. The van der Waals surface area contributed by atoms with Gasteiger partial charge >= 0.3 is 5.97 Å². The first-order valence-corrected chi connectivity index (χ1v) is 8.36. The summed E-state index contributed by atoms with van der Waals surface area (Å²) in [5, 5.41) is 10.2. The predicted molar refractivity (Wildman–Crippen MR) is 93.7 cm³/mol. The standard InChI is InChI=1S/C19H20ClNO3/c1-24-16-8-3-6-14(12-16)18(13-5-2-7-15(20)11-13)21-10-4-9-17(21)19(22)23/h2-3,5-8,11-12,17-18H,4,9-10H2,1H3,(H,22,23). The summed E-state index contributed by atoms with van der Waals surface area (Å²) in [4.78, 5) is 13.7. The van der Waals surface area contributed by atoms with Gasteiger partial charge in [-0.15, -0.1) is 0 Å². The SMILES string of the molecule is COc1cccc(C(c2cccc(Cl)c2)N2CCCC2C(=O)O)c1. The molecule has 3 rings (SSSR count). The molecule has 0 aliphatic carbocycles. The van der Waals surface area contributed by atoms with Crippen LogP contribution >= 0.6 is 11.6 Å². The molecule has 1 aliphatic rings. The highest BCUT2D eigenvalue weighted by Crippen LogP contribution is 2.36. The number of hydrogen-bond donors (Lipinski definition) is 1. The summed E-state index contributed by atoms with van der Waals surface area (Å²) in [5.41, 5.74) is 1.99. The quantitative estimate of drug-likeness (QED) is 0.890. The summed E-state index contributed by atoms with van der Waals surface area (Å²) < 4.78 is 5.34. The summed E-state index contributed by atoms with van der Waals surface area (Å²) >= 11 is 6.18. The molecule has 1 heterocycles. The van der Waals surface area contributed by atoms with Gasteiger partial charge in [0.15, 0.2) is 0 Å². The van der Waals surface area contributed by atoms with Crippen molar-refractivity contribution >= 4 is 17.6 Å². The van der Waals surface area contributed by atoms with Crippen molar-refractivity contribution in [3.63, 3.8) is 0 Å². The Labute approximate surface area is 146 Å². The van der Waals surface area contributed by atoms with Gasteiger partial charge in [0.1, 0.15) is 11.8 Å². The molecule has 0 amide bonds. The van der Waals surface area contributed by atoms with Gasteiger partial charge in [0, 0.05) is 11.6 Å². The van der Waals surface area contributed by atoms with E-state index in [0.29, 0.717) is 11.4 Å². The van der Waals surface area contributed by atoms with E-state index in [-0.39, 0.29) is 6.04 Å². The zero-order valence-corrected chi connectivity index (χ0v) is 14.2. The van der Waals surface area contributed by atoms with E-state index in [1.54, 1.807) is 7.11 Å². The normalized spacial score (nSPS) is 19.2. The third-order valence-corrected chi connectivity index (χ3v) is 4.72. The lowest BCUT2D eigenvalue weighted by atomic mass is 9.96. The zero-order valence-electron chi connectivity index (χ0n) is 13.5. The van der Waals surface area contributed by atoms with Crippen LogP contribution in [0.4, 0.5) is 0 Å². The first kappa shape index (κ1) is 16.8. The lowest BCUT2D eigenvalue weighted by Gasteiger charge is -2.32. The van der Waals surface area contributed by atoms with E-state index >= 15 is 0 Å². The Kier molecular flexibility index (Phi) is 5.07. The van der Waals surface area contributed by atoms with Crippen LogP contribution < -0.4 is 4.74 Å².